The lowest BCUT2D eigenvalue weighted by Crippen LogP contribution is -1.84. The zero-order chi connectivity index (χ0) is 11.8. The third kappa shape index (κ3) is 1.68. The lowest BCUT2D eigenvalue weighted by atomic mass is 10.2. The first kappa shape index (κ1) is 10.3. The topological polar surface area (TPSA) is 67.6 Å². The number of nitrogens with zero attached hydrogens (tertiary/aromatic N) is 2. The van der Waals surface area contributed by atoms with Gasteiger partial charge in [0.2, 0.25) is 0 Å². The number of aromatic amines is 1. The van der Waals surface area contributed by atoms with Gasteiger partial charge in [-0.05, 0) is 24.6 Å². The van der Waals surface area contributed by atoms with Gasteiger partial charge in [0.25, 0.3) is 0 Å². The van der Waals surface area contributed by atoms with E-state index in [0.29, 0.717) is 0 Å². The van der Waals surface area contributed by atoms with Crippen molar-refractivity contribution in [3.8, 4) is 11.4 Å². The SMILES string of the molecule is CCc1cc(-c2nc3ncccc3[nH]2)c(N)s1. The van der Waals surface area contributed by atoms with Crippen LogP contribution in [0.5, 0.6) is 0 Å². The summed E-state index contributed by atoms with van der Waals surface area (Å²) in [5, 5.41) is 0.806. The van der Waals surface area contributed by atoms with E-state index in [1.165, 1.54) is 4.88 Å². The summed E-state index contributed by atoms with van der Waals surface area (Å²) in [4.78, 5) is 13.2. The number of H-pyrrole nitrogens is 1. The second-order valence-electron chi connectivity index (χ2n) is 3.80. The molecular formula is C12H12N4S. The van der Waals surface area contributed by atoms with Gasteiger partial charge in [0.15, 0.2) is 5.65 Å². The summed E-state index contributed by atoms with van der Waals surface area (Å²) in [7, 11) is 0. The van der Waals surface area contributed by atoms with Crippen LogP contribution in [0.25, 0.3) is 22.6 Å². The highest BCUT2D eigenvalue weighted by Gasteiger charge is 2.11. The monoisotopic (exact) mass is 244 g/mol. The Kier molecular flexibility index (Phi) is 2.33. The highest BCUT2D eigenvalue weighted by Crippen LogP contribution is 2.33. The van der Waals surface area contributed by atoms with E-state index in [4.69, 9.17) is 5.73 Å². The van der Waals surface area contributed by atoms with Gasteiger partial charge in [-0.25, -0.2) is 9.97 Å². The molecule has 0 radical (unpaired) electrons. The molecule has 17 heavy (non-hydrogen) atoms. The van der Waals surface area contributed by atoms with Crippen molar-refractivity contribution in [1.29, 1.82) is 0 Å². The van der Waals surface area contributed by atoms with Crippen LogP contribution < -0.4 is 5.73 Å². The number of fused-ring (bicyclic) bond motifs is 1. The predicted molar refractivity (Wildman–Crippen MR) is 71.0 cm³/mol. The van der Waals surface area contributed by atoms with Gasteiger partial charge >= 0.3 is 0 Å². The minimum atomic E-state index is 0.728. The average Bonchev–Trinajstić information content (AvgIpc) is 2.91. The molecule has 3 heterocycles. The van der Waals surface area contributed by atoms with Gasteiger partial charge in [0, 0.05) is 11.1 Å². The fourth-order valence-electron chi connectivity index (χ4n) is 1.79. The molecule has 0 aliphatic heterocycles. The Balaban J connectivity index is 2.16. The van der Waals surface area contributed by atoms with Crippen molar-refractivity contribution in [2.24, 2.45) is 0 Å². The Hall–Kier alpha value is -1.88. The maximum absolute atomic E-state index is 6.01. The fourth-order valence-corrected chi connectivity index (χ4v) is 2.66. The molecule has 0 saturated heterocycles. The number of imidazole rings is 1. The summed E-state index contributed by atoms with van der Waals surface area (Å²) in [6.07, 6.45) is 2.73. The first-order valence-corrected chi connectivity index (χ1v) is 6.29. The highest BCUT2D eigenvalue weighted by molar-refractivity contribution is 7.16. The van der Waals surface area contributed by atoms with Crippen molar-refractivity contribution in [2.45, 2.75) is 13.3 Å². The number of aryl methyl sites for hydroxylation is 1. The second kappa shape index (κ2) is 3.85. The molecule has 3 rings (SSSR count). The minimum Gasteiger partial charge on any atom is -0.390 e. The van der Waals surface area contributed by atoms with E-state index in [0.717, 1.165) is 34.0 Å². The van der Waals surface area contributed by atoms with Gasteiger partial charge in [-0.2, -0.15) is 0 Å². The maximum atomic E-state index is 6.01. The van der Waals surface area contributed by atoms with Crippen LogP contribution in [0.2, 0.25) is 0 Å². The van der Waals surface area contributed by atoms with Crippen molar-refractivity contribution < 1.29 is 0 Å². The lowest BCUT2D eigenvalue weighted by Gasteiger charge is -1.91. The number of thiophene rings is 1. The van der Waals surface area contributed by atoms with Crippen LogP contribution in [0.15, 0.2) is 24.4 Å². The number of pyridine rings is 1. The molecule has 0 aliphatic rings. The molecule has 3 N–H and O–H groups in total. The third-order valence-corrected chi connectivity index (χ3v) is 3.78. The number of hydrogen-bond acceptors (Lipinski definition) is 4. The maximum Gasteiger partial charge on any atom is 0.178 e. The number of nitrogens with one attached hydrogen (secondary N) is 1. The zero-order valence-corrected chi connectivity index (χ0v) is 10.2. The van der Waals surface area contributed by atoms with E-state index in [9.17, 15) is 0 Å². The largest absolute Gasteiger partial charge is 0.390 e. The number of anilines is 1. The normalized spacial score (nSPS) is 11.1. The summed E-state index contributed by atoms with van der Waals surface area (Å²) in [5.41, 5.74) is 8.65. The van der Waals surface area contributed by atoms with Crippen molar-refractivity contribution >= 4 is 27.5 Å². The molecule has 86 valence electrons. The molecule has 4 nitrogen and oxygen atoms in total. The van der Waals surface area contributed by atoms with Gasteiger partial charge < -0.3 is 10.7 Å². The van der Waals surface area contributed by atoms with Gasteiger partial charge in [-0.3, -0.25) is 0 Å². The second-order valence-corrected chi connectivity index (χ2v) is 4.97. The van der Waals surface area contributed by atoms with Gasteiger partial charge in [0.1, 0.15) is 5.82 Å². The molecule has 3 aromatic heterocycles. The summed E-state index contributed by atoms with van der Waals surface area (Å²) in [5.74, 6) is 0.798. The molecule has 0 aliphatic carbocycles. The number of aromatic nitrogens is 3. The number of nitrogen functional groups attached to an aromatic ring is 1. The van der Waals surface area contributed by atoms with Gasteiger partial charge in [-0.1, -0.05) is 6.92 Å². The van der Waals surface area contributed by atoms with E-state index in [1.807, 2.05) is 12.1 Å². The Morgan fingerprint density at radius 2 is 2.35 bits per heavy atom. The molecule has 0 atom stereocenters. The highest BCUT2D eigenvalue weighted by atomic mass is 32.1. The van der Waals surface area contributed by atoms with Gasteiger partial charge in [-0.15, -0.1) is 11.3 Å². The summed E-state index contributed by atoms with van der Waals surface area (Å²) < 4.78 is 0. The summed E-state index contributed by atoms with van der Waals surface area (Å²) >= 11 is 1.62. The molecule has 0 fully saturated rings. The molecule has 5 heteroatoms. The van der Waals surface area contributed by atoms with Crippen LogP contribution in [0.1, 0.15) is 11.8 Å². The number of hydrogen-bond donors (Lipinski definition) is 2. The van der Waals surface area contributed by atoms with Crippen molar-refractivity contribution in [1.82, 2.24) is 15.0 Å². The van der Waals surface area contributed by atoms with Crippen LogP contribution >= 0.6 is 11.3 Å². The molecule has 0 unspecified atom stereocenters. The number of rotatable bonds is 2. The Bertz CT molecular complexity index is 635. The molecule has 0 saturated carbocycles. The molecule has 0 bridgehead atoms. The molecule has 0 aromatic carbocycles. The first-order valence-electron chi connectivity index (χ1n) is 5.47. The molecule has 0 amide bonds. The first-order chi connectivity index (χ1) is 8.28. The summed E-state index contributed by atoms with van der Waals surface area (Å²) in [6, 6.07) is 5.94. The van der Waals surface area contributed by atoms with E-state index >= 15 is 0 Å². The molecular weight excluding hydrogens is 232 g/mol. The smallest absolute Gasteiger partial charge is 0.178 e. The van der Waals surface area contributed by atoms with E-state index in [1.54, 1.807) is 17.5 Å². The lowest BCUT2D eigenvalue weighted by molar-refractivity contribution is 1.18. The van der Waals surface area contributed by atoms with Gasteiger partial charge in [0.05, 0.1) is 16.1 Å². The van der Waals surface area contributed by atoms with E-state index in [-0.39, 0.29) is 0 Å². The van der Waals surface area contributed by atoms with E-state index in [2.05, 4.69) is 27.9 Å². The van der Waals surface area contributed by atoms with Crippen LogP contribution in [0.3, 0.4) is 0 Å². The van der Waals surface area contributed by atoms with Crippen molar-refractivity contribution in [3.05, 3.63) is 29.3 Å². The van der Waals surface area contributed by atoms with Crippen LogP contribution in [0, 0.1) is 0 Å². The molecule has 3 aromatic rings. The quantitative estimate of drug-likeness (QED) is 0.728. The molecule has 0 spiro atoms. The van der Waals surface area contributed by atoms with Crippen LogP contribution in [-0.2, 0) is 6.42 Å². The Labute approximate surface area is 103 Å². The standard InChI is InChI=1S/C12H12N4S/c1-2-7-6-8(10(13)17-7)11-15-9-4-3-5-14-12(9)16-11/h3-6H,2,13H2,1H3,(H,14,15,16). The van der Waals surface area contributed by atoms with Crippen molar-refractivity contribution in [3.63, 3.8) is 0 Å². The zero-order valence-electron chi connectivity index (χ0n) is 9.40. The Morgan fingerprint density at radius 3 is 3.06 bits per heavy atom. The number of nitrogens with two attached hydrogens (primary N) is 1. The van der Waals surface area contributed by atoms with Crippen LogP contribution in [-0.4, -0.2) is 15.0 Å². The van der Waals surface area contributed by atoms with Crippen molar-refractivity contribution in [2.75, 3.05) is 5.73 Å². The Morgan fingerprint density at radius 1 is 1.47 bits per heavy atom. The minimum absolute atomic E-state index is 0.728. The summed E-state index contributed by atoms with van der Waals surface area (Å²) in [6.45, 7) is 2.12. The van der Waals surface area contributed by atoms with Crippen LogP contribution in [0.4, 0.5) is 5.00 Å². The average molecular weight is 244 g/mol. The predicted octanol–water partition coefficient (Wildman–Crippen LogP) is 2.83. The van der Waals surface area contributed by atoms with E-state index < -0.39 is 0 Å². The third-order valence-electron chi connectivity index (χ3n) is 2.67. The fraction of sp³-hybridized carbons (Fsp3) is 0.167.